The lowest BCUT2D eigenvalue weighted by atomic mass is 9.48. The van der Waals surface area contributed by atoms with E-state index >= 15 is 0 Å². The second-order valence-electron chi connectivity index (χ2n) is 9.63. The van der Waals surface area contributed by atoms with Gasteiger partial charge in [-0.15, -0.1) is 5.10 Å². The summed E-state index contributed by atoms with van der Waals surface area (Å²) in [5, 5.41) is 16.0. The molecule has 1 unspecified atom stereocenters. The maximum Gasteiger partial charge on any atom is 0.230 e. The van der Waals surface area contributed by atoms with Crippen molar-refractivity contribution >= 4 is 17.7 Å². The highest BCUT2D eigenvalue weighted by atomic mass is 32.2. The molecule has 1 heterocycles. The van der Waals surface area contributed by atoms with E-state index in [4.69, 9.17) is 4.74 Å². The van der Waals surface area contributed by atoms with Gasteiger partial charge < -0.3 is 10.1 Å². The van der Waals surface area contributed by atoms with Crippen molar-refractivity contribution in [3.8, 4) is 11.4 Å². The fraction of sp³-hybridized carbons (Fsp3) is 0.652. The third kappa shape index (κ3) is 4.06. The minimum Gasteiger partial charge on any atom is -0.492 e. The van der Waals surface area contributed by atoms with Crippen LogP contribution >= 0.6 is 11.8 Å². The summed E-state index contributed by atoms with van der Waals surface area (Å²) in [6.07, 6.45) is 8.13. The number of ether oxygens (including phenoxy) is 1. The summed E-state index contributed by atoms with van der Waals surface area (Å²) < 4.78 is 7.35. The number of nitrogens with zero attached hydrogens (tertiary/aromatic N) is 4. The van der Waals surface area contributed by atoms with E-state index in [1.807, 2.05) is 31.2 Å². The van der Waals surface area contributed by atoms with E-state index in [0.29, 0.717) is 22.9 Å². The van der Waals surface area contributed by atoms with Crippen molar-refractivity contribution in [1.82, 2.24) is 25.5 Å². The molecule has 4 bridgehead atoms. The van der Waals surface area contributed by atoms with E-state index in [2.05, 4.69) is 27.8 Å². The molecule has 0 radical (unpaired) electrons. The van der Waals surface area contributed by atoms with Crippen LogP contribution in [0.25, 0.3) is 5.69 Å². The highest BCUT2D eigenvalue weighted by Crippen LogP contribution is 2.61. The number of tetrazole rings is 1. The van der Waals surface area contributed by atoms with Crippen LogP contribution in [-0.4, -0.2) is 44.5 Å². The van der Waals surface area contributed by atoms with Crippen LogP contribution in [-0.2, 0) is 4.79 Å². The molecule has 7 nitrogen and oxygen atoms in total. The average Bonchev–Trinajstić information content (AvgIpc) is 3.20. The number of carbonyl (C=O) groups is 1. The lowest BCUT2D eigenvalue weighted by Crippen LogP contribution is -2.56. The SMILES string of the molecule is CCOc1ccccc1-n1nnnc1SCC(=O)NC(C)C12CC3CC(CC(C3)C1)C2. The standard InChI is InChI=1S/C23H31N5O2S/c1-3-30-20-7-5-4-6-19(20)28-22(25-26-27-28)31-14-21(29)24-15(2)23-11-16-8-17(12-23)10-18(9-16)13-23/h4-7,15-18H,3,8-14H2,1-2H3,(H,24,29). The van der Waals surface area contributed by atoms with Crippen LogP contribution in [0.4, 0.5) is 0 Å². The molecule has 2 aromatic rings. The summed E-state index contributed by atoms with van der Waals surface area (Å²) in [6.45, 7) is 4.73. The van der Waals surface area contributed by atoms with Gasteiger partial charge in [-0.05, 0) is 98.1 Å². The van der Waals surface area contributed by atoms with Crippen LogP contribution in [0.2, 0.25) is 0 Å². The van der Waals surface area contributed by atoms with Gasteiger partial charge in [0.05, 0.1) is 12.4 Å². The van der Waals surface area contributed by atoms with Crippen LogP contribution in [0, 0.1) is 23.2 Å². The lowest BCUT2D eigenvalue weighted by molar-refractivity contribution is -0.123. The van der Waals surface area contributed by atoms with Crippen molar-refractivity contribution < 1.29 is 9.53 Å². The molecule has 4 aliphatic rings. The molecule has 6 rings (SSSR count). The fourth-order valence-electron chi connectivity index (χ4n) is 6.60. The molecule has 8 heteroatoms. The van der Waals surface area contributed by atoms with Crippen molar-refractivity contribution in [3.63, 3.8) is 0 Å². The van der Waals surface area contributed by atoms with Crippen molar-refractivity contribution in [2.45, 2.75) is 63.6 Å². The van der Waals surface area contributed by atoms with Crippen LogP contribution in [0.1, 0.15) is 52.4 Å². The first-order valence-corrected chi connectivity index (χ1v) is 12.5. The molecule has 1 amide bonds. The molecule has 0 spiro atoms. The molecule has 1 aromatic heterocycles. The number of hydrogen-bond donors (Lipinski definition) is 1. The van der Waals surface area contributed by atoms with Gasteiger partial charge in [0.25, 0.3) is 0 Å². The van der Waals surface area contributed by atoms with Gasteiger partial charge >= 0.3 is 0 Å². The smallest absolute Gasteiger partial charge is 0.230 e. The van der Waals surface area contributed by atoms with E-state index in [0.717, 1.165) is 29.2 Å². The van der Waals surface area contributed by atoms with Crippen molar-refractivity contribution in [3.05, 3.63) is 24.3 Å². The molecule has 0 aliphatic heterocycles. The molecule has 166 valence electrons. The Morgan fingerprint density at radius 2 is 1.90 bits per heavy atom. The molecular formula is C23H31N5O2S. The van der Waals surface area contributed by atoms with Gasteiger partial charge in [0, 0.05) is 6.04 Å². The van der Waals surface area contributed by atoms with E-state index < -0.39 is 0 Å². The summed E-state index contributed by atoms with van der Waals surface area (Å²) in [5.74, 6) is 3.73. The number of carbonyl (C=O) groups excluding carboxylic acids is 1. The van der Waals surface area contributed by atoms with E-state index in [9.17, 15) is 4.79 Å². The lowest BCUT2D eigenvalue weighted by Gasteiger charge is -2.59. The van der Waals surface area contributed by atoms with Gasteiger partial charge in [-0.1, -0.05) is 23.9 Å². The topological polar surface area (TPSA) is 81.9 Å². The Labute approximate surface area is 187 Å². The maximum absolute atomic E-state index is 12.8. The zero-order valence-electron chi connectivity index (χ0n) is 18.3. The normalized spacial score (nSPS) is 29.7. The van der Waals surface area contributed by atoms with E-state index in [1.54, 1.807) is 4.68 Å². The molecule has 0 saturated heterocycles. The molecule has 1 atom stereocenters. The number of nitrogens with one attached hydrogen (secondary N) is 1. The highest BCUT2D eigenvalue weighted by molar-refractivity contribution is 7.99. The Kier molecular flexibility index (Phi) is 5.67. The number of amides is 1. The molecule has 4 saturated carbocycles. The number of benzene rings is 1. The monoisotopic (exact) mass is 441 g/mol. The first-order valence-electron chi connectivity index (χ1n) is 11.5. The summed E-state index contributed by atoms with van der Waals surface area (Å²) >= 11 is 1.36. The Balaban J connectivity index is 1.22. The zero-order chi connectivity index (χ0) is 21.4. The Morgan fingerprint density at radius 3 is 2.58 bits per heavy atom. The molecule has 1 aromatic carbocycles. The summed E-state index contributed by atoms with van der Waals surface area (Å²) in [6, 6.07) is 7.89. The fourth-order valence-corrected chi connectivity index (χ4v) is 7.30. The van der Waals surface area contributed by atoms with E-state index in [1.165, 1.54) is 50.3 Å². The quantitative estimate of drug-likeness (QED) is 0.626. The van der Waals surface area contributed by atoms with Crippen LogP contribution in [0.3, 0.4) is 0 Å². The minimum atomic E-state index is 0.0564. The third-order valence-corrected chi connectivity index (χ3v) is 8.47. The molecular weight excluding hydrogens is 410 g/mol. The first kappa shape index (κ1) is 20.8. The van der Waals surface area contributed by atoms with Crippen LogP contribution in [0.5, 0.6) is 5.75 Å². The number of rotatable bonds is 8. The van der Waals surface area contributed by atoms with Gasteiger partial charge in [-0.3, -0.25) is 4.79 Å². The maximum atomic E-state index is 12.8. The third-order valence-electron chi connectivity index (χ3n) is 7.55. The van der Waals surface area contributed by atoms with Crippen LogP contribution < -0.4 is 10.1 Å². The summed E-state index contributed by atoms with van der Waals surface area (Å²) in [5.41, 5.74) is 1.09. The van der Waals surface area contributed by atoms with Gasteiger partial charge in [-0.25, -0.2) is 0 Å². The molecule has 4 aliphatic carbocycles. The second kappa shape index (κ2) is 8.45. The van der Waals surface area contributed by atoms with Gasteiger partial charge in [0.2, 0.25) is 11.1 Å². The van der Waals surface area contributed by atoms with Crippen LogP contribution in [0.15, 0.2) is 29.4 Å². The van der Waals surface area contributed by atoms with Crippen molar-refractivity contribution in [2.24, 2.45) is 23.2 Å². The number of hydrogen-bond acceptors (Lipinski definition) is 6. The summed E-state index contributed by atoms with van der Waals surface area (Å²) in [4.78, 5) is 12.8. The average molecular weight is 442 g/mol. The highest BCUT2D eigenvalue weighted by Gasteiger charge is 2.53. The van der Waals surface area contributed by atoms with E-state index in [-0.39, 0.29) is 11.9 Å². The van der Waals surface area contributed by atoms with Gasteiger partial charge in [0.15, 0.2) is 0 Å². The predicted molar refractivity (Wildman–Crippen MR) is 119 cm³/mol. The first-order chi connectivity index (χ1) is 15.1. The Morgan fingerprint density at radius 1 is 1.23 bits per heavy atom. The van der Waals surface area contributed by atoms with Gasteiger partial charge in [0.1, 0.15) is 11.4 Å². The minimum absolute atomic E-state index is 0.0564. The summed E-state index contributed by atoms with van der Waals surface area (Å²) in [7, 11) is 0. The molecule has 31 heavy (non-hydrogen) atoms. The number of aromatic nitrogens is 4. The largest absolute Gasteiger partial charge is 0.492 e. The Bertz CT molecular complexity index is 910. The molecule has 1 N–H and O–H groups in total. The van der Waals surface area contributed by atoms with Crippen molar-refractivity contribution in [1.29, 1.82) is 0 Å². The Hall–Kier alpha value is -2.09. The number of thioether (sulfide) groups is 1. The number of para-hydroxylation sites is 2. The van der Waals surface area contributed by atoms with Crippen molar-refractivity contribution in [2.75, 3.05) is 12.4 Å². The second-order valence-corrected chi connectivity index (χ2v) is 10.6. The molecule has 4 fully saturated rings. The van der Waals surface area contributed by atoms with Gasteiger partial charge in [-0.2, -0.15) is 4.68 Å². The zero-order valence-corrected chi connectivity index (χ0v) is 19.1. The predicted octanol–water partition coefficient (Wildman–Crippen LogP) is 3.87.